The average molecular weight is 493 g/mol. The van der Waals surface area contributed by atoms with Crippen LogP contribution in [0.15, 0.2) is 24.3 Å². The number of hydrogen-bond acceptors (Lipinski definition) is 3. The molecule has 0 heterocycles. The van der Waals surface area contributed by atoms with Crippen molar-refractivity contribution in [2.45, 2.75) is 101 Å². The number of benzene rings is 1. The number of carboxylic acid groups (broad SMARTS) is 1. The van der Waals surface area contributed by atoms with Crippen LogP contribution in [0, 0.1) is 0 Å². The van der Waals surface area contributed by atoms with Gasteiger partial charge in [-0.2, -0.15) is 13.2 Å². The Morgan fingerprint density at radius 3 is 2.06 bits per heavy atom. The molecule has 1 aromatic carbocycles. The van der Waals surface area contributed by atoms with Gasteiger partial charge in [-0.25, -0.2) is 0 Å². The molecule has 32 heavy (non-hydrogen) atoms. The molecule has 1 atom stereocenters. The number of aryl methyl sites for hydroxylation is 1. The SMILES string of the molecule is CCCSC(SCCC(=O)O)c1ccccc1CCCCCCCCCCCC(F)(F)F. The van der Waals surface area contributed by atoms with Crippen LogP contribution >= 0.6 is 23.5 Å². The zero-order chi connectivity index (χ0) is 23.7. The van der Waals surface area contributed by atoms with Crippen LogP contribution in [-0.4, -0.2) is 28.8 Å². The van der Waals surface area contributed by atoms with Gasteiger partial charge in [-0.3, -0.25) is 4.79 Å². The van der Waals surface area contributed by atoms with Crippen LogP contribution in [0.4, 0.5) is 13.2 Å². The Kier molecular flexibility index (Phi) is 16.1. The predicted octanol–water partition coefficient (Wildman–Crippen LogP) is 9.04. The molecule has 0 fully saturated rings. The van der Waals surface area contributed by atoms with Gasteiger partial charge in [-0.15, -0.1) is 23.5 Å². The molecular weight excluding hydrogens is 453 g/mol. The highest BCUT2D eigenvalue weighted by atomic mass is 32.2. The maximum absolute atomic E-state index is 12.1. The lowest BCUT2D eigenvalue weighted by atomic mass is 10.0. The van der Waals surface area contributed by atoms with E-state index in [-0.39, 0.29) is 17.4 Å². The van der Waals surface area contributed by atoms with E-state index >= 15 is 0 Å². The lowest BCUT2D eigenvalue weighted by molar-refractivity contribution is -0.137. The number of carboxylic acids is 1. The maximum atomic E-state index is 12.1. The molecule has 7 heteroatoms. The number of unbranched alkanes of at least 4 members (excludes halogenated alkanes) is 8. The van der Waals surface area contributed by atoms with Gasteiger partial charge in [-0.05, 0) is 42.6 Å². The van der Waals surface area contributed by atoms with Crippen molar-refractivity contribution < 1.29 is 23.1 Å². The molecule has 0 aliphatic rings. The lowest BCUT2D eigenvalue weighted by Crippen LogP contribution is -2.06. The first kappa shape index (κ1) is 29.2. The van der Waals surface area contributed by atoms with Gasteiger partial charge < -0.3 is 5.11 Å². The van der Waals surface area contributed by atoms with Crippen molar-refractivity contribution in [3.8, 4) is 0 Å². The van der Waals surface area contributed by atoms with E-state index in [1.165, 1.54) is 24.0 Å². The summed E-state index contributed by atoms with van der Waals surface area (Å²) in [6.07, 6.45) is 6.28. The number of aliphatic carboxylic acids is 1. The third kappa shape index (κ3) is 15.1. The number of thioether (sulfide) groups is 2. The van der Waals surface area contributed by atoms with Crippen LogP contribution in [0.25, 0.3) is 0 Å². The van der Waals surface area contributed by atoms with Gasteiger partial charge in [0.15, 0.2) is 0 Å². The molecule has 0 aliphatic heterocycles. The largest absolute Gasteiger partial charge is 0.481 e. The van der Waals surface area contributed by atoms with Gasteiger partial charge in [0.05, 0.1) is 11.0 Å². The van der Waals surface area contributed by atoms with Crippen LogP contribution < -0.4 is 0 Å². The fourth-order valence-corrected chi connectivity index (χ4v) is 6.31. The Bertz CT molecular complexity index is 623. The number of hydrogen-bond donors (Lipinski definition) is 1. The highest BCUT2D eigenvalue weighted by Gasteiger charge is 2.25. The quantitative estimate of drug-likeness (QED) is 0.154. The maximum Gasteiger partial charge on any atom is 0.389 e. The Labute approximate surface area is 200 Å². The minimum Gasteiger partial charge on any atom is -0.481 e. The molecule has 1 unspecified atom stereocenters. The number of carbonyl (C=O) groups is 1. The minimum absolute atomic E-state index is 0.193. The van der Waals surface area contributed by atoms with Crippen molar-refractivity contribution in [1.29, 1.82) is 0 Å². The Morgan fingerprint density at radius 1 is 0.906 bits per heavy atom. The summed E-state index contributed by atoms with van der Waals surface area (Å²) in [5, 5.41) is 8.95. The van der Waals surface area contributed by atoms with E-state index < -0.39 is 18.6 Å². The molecule has 0 amide bonds. The topological polar surface area (TPSA) is 37.3 Å². The predicted molar refractivity (Wildman–Crippen MR) is 133 cm³/mol. The summed E-state index contributed by atoms with van der Waals surface area (Å²) in [4.78, 5) is 10.9. The molecule has 184 valence electrons. The second-order valence-electron chi connectivity index (χ2n) is 8.21. The minimum atomic E-state index is -4.01. The average Bonchev–Trinajstić information content (AvgIpc) is 2.74. The van der Waals surface area contributed by atoms with Crippen molar-refractivity contribution in [2.24, 2.45) is 0 Å². The fourth-order valence-electron chi connectivity index (χ4n) is 3.58. The van der Waals surface area contributed by atoms with Gasteiger partial charge in [0.2, 0.25) is 0 Å². The molecule has 1 rings (SSSR count). The van der Waals surface area contributed by atoms with Gasteiger partial charge in [0.1, 0.15) is 0 Å². The van der Waals surface area contributed by atoms with Crippen molar-refractivity contribution in [3.05, 3.63) is 35.4 Å². The first-order chi connectivity index (χ1) is 15.3. The molecule has 2 nitrogen and oxygen atoms in total. The summed E-state index contributed by atoms with van der Waals surface area (Å²) in [5.41, 5.74) is 2.70. The third-order valence-electron chi connectivity index (χ3n) is 5.27. The van der Waals surface area contributed by atoms with Crippen LogP contribution in [0.3, 0.4) is 0 Å². The van der Waals surface area contributed by atoms with Crippen LogP contribution in [-0.2, 0) is 11.2 Å². The highest BCUT2D eigenvalue weighted by molar-refractivity contribution is 8.16. The molecular formula is C25H39F3O2S2. The monoisotopic (exact) mass is 492 g/mol. The second kappa shape index (κ2) is 17.6. The van der Waals surface area contributed by atoms with Gasteiger partial charge in [0, 0.05) is 12.2 Å². The molecule has 0 radical (unpaired) electrons. The Balaban J connectivity index is 2.30. The summed E-state index contributed by atoms with van der Waals surface area (Å²) in [6, 6.07) is 8.55. The van der Waals surface area contributed by atoms with Crippen molar-refractivity contribution in [2.75, 3.05) is 11.5 Å². The van der Waals surface area contributed by atoms with Crippen molar-refractivity contribution in [1.82, 2.24) is 0 Å². The molecule has 1 aromatic rings. The van der Waals surface area contributed by atoms with Gasteiger partial charge >= 0.3 is 12.1 Å². The van der Waals surface area contributed by atoms with E-state index in [2.05, 4.69) is 31.2 Å². The molecule has 0 saturated carbocycles. The molecule has 0 aromatic heterocycles. The lowest BCUT2D eigenvalue weighted by Gasteiger charge is -2.20. The van der Waals surface area contributed by atoms with E-state index in [1.807, 2.05) is 11.8 Å². The normalized spacial score (nSPS) is 12.8. The first-order valence-corrected chi connectivity index (χ1v) is 14.0. The smallest absolute Gasteiger partial charge is 0.389 e. The van der Waals surface area contributed by atoms with Crippen LogP contribution in [0.1, 0.15) is 99.7 Å². The summed E-state index contributed by atoms with van der Waals surface area (Å²) in [7, 11) is 0. The summed E-state index contributed by atoms with van der Waals surface area (Å²) in [5.74, 6) is 0.947. The van der Waals surface area contributed by atoms with E-state index in [9.17, 15) is 18.0 Å². The van der Waals surface area contributed by atoms with Crippen molar-refractivity contribution >= 4 is 29.5 Å². The fraction of sp³-hybridized carbons (Fsp3) is 0.720. The van der Waals surface area contributed by atoms with Gasteiger partial charge in [0.25, 0.3) is 0 Å². The zero-order valence-corrected chi connectivity index (χ0v) is 20.9. The van der Waals surface area contributed by atoms with E-state index in [0.29, 0.717) is 12.2 Å². The first-order valence-electron chi connectivity index (χ1n) is 11.9. The zero-order valence-electron chi connectivity index (χ0n) is 19.3. The number of rotatable bonds is 19. The van der Waals surface area contributed by atoms with Crippen LogP contribution in [0.2, 0.25) is 0 Å². The Morgan fingerprint density at radius 2 is 1.47 bits per heavy atom. The Hall–Kier alpha value is -0.820. The van der Waals surface area contributed by atoms with Gasteiger partial charge in [-0.1, -0.05) is 76.1 Å². The molecule has 0 spiro atoms. The number of alkyl halides is 3. The molecule has 0 aliphatic carbocycles. The number of halogens is 3. The summed E-state index contributed by atoms with van der Waals surface area (Å²) in [6.45, 7) is 2.17. The third-order valence-corrected chi connectivity index (χ3v) is 8.29. The summed E-state index contributed by atoms with van der Waals surface area (Å²) < 4.78 is 36.6. The highest BCUT2D eigenvalue weighted by Crippen LogP contribution is 2.41. The summed E-state index contributed by atoms with van der Waals surface area (Å²) >= 11 is 3.64. The standard InChI is InChI=1S/C25H39F3O2S2/c1-2-19-31-24(32-20-17-23(29)30)22-16-12-11-15-21(22)14-10-8-6-4-3-5-7-9-13-18-25(26,27)28/h11-12,15-16,24H,2-10,13-14,17-20H2,1H3,(H,29,30). The van der Waals surface area contributed by atoms with Crippen molar-refractivity contribution in [3.63, 3.8) is 0 Å². The molecule has 0 bridgehead atoms. The molecule has 0 saturated heterocycles. The second-order valence-corrected chi connectivity index (χ2v) is 10.9. The van der Waals surface area contributed by atoms with E-state index in [4.69, 9.17) is 5.11 Å². The van der Waals surface area contributed by atoms with E-state index in [1.54, 1.807) is 11.8 Å². The molecule has 1 N–H and O–H groups in total. The van der Waals surface area contributed by atoms with E-state index in [0.717, 1.165) is 50.7 Å². The van der Waals surface area contributed by atoms with Crippen LogP contribution in [0.5, 0.6) is 0 Å².